The molecular weight excluding hydrogens is 429 g/mol. The van der Waals surface area contributed by atoms with E-state index < -0.39 is 40.6 Å². The van der Waals surface area contributed by atoms with Crippen molar-refractivity contribution in [2.45, 2.75) is 69.5 Å². The van der Waals surface area contributed by atoms with Crippen LogP contribution in [0.4, 0.5) is 13.2 Å². The topological polar surface area (TPSA) is 75.1 Å². The average molecular weight is 452 g/mol. The smallest absolute Gasteiger partial charge is 0.329 e. The molecule has 3 aliphatic carbocycles. The number of aromatic nitrogens is 2. The molecule has 2 aromatic heterocycles. The molecular formula is C22H23F3N2O3S. The van der Waals surface area contributed by atoms with Crippen molar-refractivity contribution >= 4 is 22.5 Å². The van der Waals surface area contributed by atoms with Crippen molar-refractivity contribution in [2.75, 3.05) is 6.61 Å². The van der Waals surface area contributed by atoms with E-state index in [2.05, 4.69) is 4.98 Å². The van der Waals surface area contributed by atoms with E-state index >= 15 is 4.39 Å². The second kappa shape index (κ2) is 7.48. The number of aliphatic hydroxyl groups is 1. The zero-order valence-electron chi connectivity index (χ0n) is 17.0. The van der Waals surface area contributed by atoms with E-state index in [0.29, 0.717) is 23.3 Å². The highest BCUT2D eigenvalue weighted by atomic mass is 32.1. The molecule has 0 radical (unpaired) electrons. The third-order valence-electron chi connectivity index (χ3n) is 6.79. The number of fused-ring (bicyclic) bond motifs is 2. The Balaban J connectivity index is 1.82. The monoisotopic (exact) mass is 452 g/mol. The molecule has 0 saturated heterocycles. The van der Waals surface area contributed by atoms with Crippen LogP contribution in [-0.4, -0.2) is 33.9 Å². The average Bonchev–Trinajstić information content (AvgIpc) is 3.46. The first kappa shape index (κ1) is 20.8. The van der Waals surface area contributed by atoms with Crippen molar-refractivity contribution in [2.24, 2.45) is 0 Å². The van der Waals surface area contributed by atoms with Crippen LogP contribution in [0.25, 0.3) is 11.1 Å². The van der Waals surface area contributed by atoms with Gasteiger partial charge in [0, 0.05) is 33.9 Å². The predicted molar refractivity (Wildman–Crippen MR) is 112 cm³/mol. The van der Waals surface area contributed by atoms with Crippen LogP contribution >= 0.6 is 11.3 Å². The Morgan fingerprint density at radius 3 is 2.68 bits per heavy atom. The summed E-state index contributed by atoms with van der Waals surface area (Å²) in [4.78, 5) is 28.9. The Kier molecular flexibility index (Phi) is 5.01. The standard InChI is InChI=1S/C22H23F3N2O3S/c1-9-15(14-7-12-10(8-28)3-2-4-13(12)31-14)18(23)16(20(24)25)17-19(9)27(11-5-6-11)22(30)26-21(17)29/h7,10-11,15,18,20,28H,2-6,8H2,1H3,(H,26,29,30). The van der Waals surface area contributed by atoms with Crippen molar-refractivity contribution < 1.29 is 18.3 Å². The first-order valence-electron chi connectivity index (χ1n) is 10.6. The number of nitrogens with one attached hydrogen (secondary N) is 1. The number of nitrogens with zero attached hydrogens (tertiary/aromatic N) is 1. The lowest BCUT2D eigenvalue weighted by molar-refractivity contribution is 0.191. The van der Waals surface area contributed by atoms with E-state index in [1.54, 1.807) is 6.92 Å². The van der Waals surface area contributed by atoms with Crippen molar-refractivity contribution in [3.8, 4) is 0 Å². The molecule has 1 fully saturated rings. The van der Waals surface area contributed by atoms with E-state index in [1.165, 1.54) is 15.9 Å². The van der Waals surface area contributed by atoms with Crippen molar-refractivity contribution in [3.05, 3.63) is 52.8 Å². The van der Waals surface area contributed by atoms with Gasteiger partial charge in [0.05, 0.1) is 16.5 Å². The van der Waals surface area contributed by atoms with Gasteiger partial charge in [-0.2, -0.15) is 0 Å². The second-order valence-corrected chi connectivity index (χ2v) is 9.87. The lowest BCUT2D eigenvalue weighted by atomic mass is 9.82. The van der Waals surface area contributed by atoms with Gasteiger partial charge < -0.3 is 5.11 Å². The van der Waals surface area contributed by atoms with Gasteiger partial charge in [0.1, 0.15) is 6.17 Å². The highest BCUT2D eigenvalue weighted by Crippen LogP contribution is 2.45. The van der Waals surface area contributed by atoms with Crippen LogP contribution in [0.1, 0.15) is 65.8 Å². The second-order valence-electron chi connectivity index (χ2n) is 8.70. The fraction of sp³-hybridized carbons (Fsp3) is 0.545. The zero-order chi connectivity index (χ0) is 22.0. The first-order chi connectivity index (χ1) is 14.8. The summed E-state index contributed by atoms with van der Waals surface area (Å²) in [5.74, 6) is -1.02. The van der Waals surface area contributed by atoms with Gasteiger partial charge in [-0.15, -0.1) is 11.3 Å². The fourth-order valence-corrected chi connectivity index (χ4v) is 6.65. The molecule has 5 nitrogen and oxygen atoms in total. The lowest BCUT2D eigenvalue weighted by Crippen LogP contribution is -2.59. The zero-order valence-corrected chi connectivity index (χ0v) is 17.8. The van der Waals surface area contributed by atoms with E-state index in [-0.39, 0.29) is 23.9 Å². The summed E-state index contributed by atoms with van der Waals surface area (Å²) in [5, 5.41) is 9.47. The van der Waals surface area contributed by atoms with Crippen LogP contribution in [0.2, 0.25) is 0 Å². The molecule has 1 saturated carbocycles. The Bertz CT molecular complexity index is 1290. The van der Waals surface area contributed by atoms with Crippen LogP contribution in [0.3, 0.4) is 0 Å². The summed E-state index contributed by atoms with van der Waals surface area (Å²) in [6, 6.07) is 1.67. The van der Waals surface area contributed by atoms with E-state index in [9.17, 15) is 23.5 Å². The Hall–Kier alpha value is -2.13. The number of hydrogen-bond acceptors (Lipinski definition) is 4. The lowest BCUT2D eigenvalue weighted by Gasteiger charge is -2.28. The molecule has 0 spiro atoms. The number of H-pyrrole nitrogens is 1. The molecule has 5 rings (SSSR count). The maximum absolute atomic E-state index is 15.7. The number of halogens is 3. The van der Waals surface area contributed by atoms with Crippen molar-refractivity contribution in [3.63, 3.8) is 0 Å². The molecule has 2 aromatic rings. The number of thiophene rings is 1. The summed E-state index contributed by atoms with van der Waals surface area (Å²) in [5.41, 5.74) is -1.05. The molecule has 0 bridgehead atoms. The van der Waals surface area contributed by atoms with E-state index in [4.69, 9.17) is 0 Å². The minimum atomic E-state index is -3.16. The van der Waals surface area contributed by atoms with Gasteiger partial charge in [0.2, 0.25) is 0 Å². The van der Waals surface area contributed by atoms with Crippen LogP contribution in [0.15, 0.2) is 15.7 Å². The third-order valence-corrected chi connectivity index (χ3v) is 8.09. The molecule has 2 heterocycles. The van der Waals surface area contributed by atoms with Crippen LogP contribution < -0.4 is 21.8 Å². The predicted octanol–water partition coefficient (Wildman–Crippen LogP) is 2.07. The van der Waals surface area contributed by atoms with Crippen LogP contribution in [0, 0.1) is 0 Å². The molecule has 0 aliphatic heterocycles. The highest BCUT2D eigenvalue weighted by molar-refractivity contribution is 7.12. The van der Waals surface area contributed by atoms with E-state index in [0.717, 1.165) is 29.7 Å². The largest absolute Gasteiger partial charge is 0.396 e. The molecule has 31 heavy (non-hydrogen) atoms. The molecule has 3 atom stereocenters. The Morgan fingerprint density at radius 2 is 2.03 bits per heavy atom. The normalized spacial score (nSPS) is 25.7. The van der Waals surface area contributed by atoms with Gasteiger partial charge in [0.25, 0.3) is 12.0 Å². The molecule has 166 valence electrons. The van der Waals surface area contributed by atoms with Crippen molar-refractivity contribution in [1.82, 2.24) is 9.55 Å². The number of rotatable bonds is 4. The van der Waals surface area contributed by atoms with Crippen LogP contribution in [-0.2, 0) is 6.42 Å². The number of hydrogen-bond donors (Lipinski definition) is 2. The summed E-state index contributed by atoms with van der Waals surface area (Å²) >= 11 is 1.39. The number of aryl methyl sites for hydroxylation is 1. The maximum Gasteiger partial charge on any atom is 0.329 e. The number of aliphatic hydroxyl groups excluding tert-OH is 1. The molecule has 0 aromatic carbocycles. The summed E-state index contributed by atoms with van der Waals surface area (Å²) in [6.07, 6.45) is -1.23. The fourth-order valence-electron chi connectivity index (χ4n) is 5.17. The SMILES string of the molecule is CC1=c2c(c(=O)[nH]c(=O)n2C2CC2)=C(C(F)F)C(F)C1c1cc2c(s1)CCCC2CO. The summed E-state index contributed by atoms with van der Waals surface area (Å²) in [6.45, 7) is 1.63. The quantitative estimate of drug-likeness (QED) is 0.746. The molecule has 9 heteroatoms. The van der Waals surface area contributed by atoms with Gasteiger partial charge in [-0.3, -0.25) is 14.3 Å². The molecule has 3 unspecified atom stereocenters. The summed E-state index contributed by atoms with van der Waals surface area (Å²) < 4.78 is 45.3. The first-order valence-corrected chi connectivity index (χ1v) is 11.4. The molecule has 3 aliphatic rings. The molecule has 0 amide bonds. The minimum absolute atomic E-state index is 0.0105. The van der Waals surface area contributed by atoms with Gasteiger partial charge in [-0.1, -0.05) is 0 Å². The highest BCUT2D eigenvalue weighted by Gasteiger charge is 2.40. The molecule has 2 N–H and O–H groups in total. The van der Waals surface area contributed by atoms with Crippen molar-refractivity contribution in [1.29, 1.82) is 0 Å². The van der Waals surface area contributed by atoms with Crippen LogP contribution in [0.5, 0.6) is 0 Å². The summed E-state index contributed by atoms with van der Waals surface area (Å²) in [7, 11) is 0. The Morgan fingerprint density at radius 1 is 1.29 bits per heavy atom. The third kappa shape index (κ3) is 3.16. The van der Waals surface area contributed by atoms with Gasteiger partial charge in [-0.25, -0.2) is 18.0 Å². The number of alkyl halides is 3. The van der Waals surface area contributed by atoms with E-state index in [1.807, 2.05) is 6.07 Å². The maximum atomic E-state index is 15.7. The Labute approximate surface area is 179 Å². The number of aromatic amines is 1. The minimum Gasteiger partial charge on any atom is -0.396 e. The van der Waals surface area contributed by atoms with Gasteiger partial charge in [0.15, 0.2) is 0 Å². The van der Waals surface area contributed by atoms with Gasteiger partial charge in [-0.05, 0) is 56.2 Å². The van der Waals surface area contributed by atoms with Gasteiger partial charge >= 0.3 is 5.69 Å².